The largest absolute Gasteiger partial charge is 0.368 e. The van der Waals surface area contributed by atoms with Gasteiger partial charge in [0.15, 0.2) is 0 Å². The number of anilines is 1. The van der Waals surface area contributed by atoms with Gasteiger partial charge < -0.3 is 24.4 Å². The predicted octanol–water partition coefficient (Wildman–Crippen LogP) is 0.0900. The van der Waals surface area contributed by atoms with Gasteiger partial charge in [-0.1, -0.05) is 0 Å². The third-order valence-electron chi connectivity index (χ3n) is 3.97. The molecule has 3 rings (SSSR count). The summed E-state index contributed by atoms with van der Waals surface area (Å²) in [5.41, 5.74) is 0. The smallest absolute Gasteiger partial charge is 0.266 e. The lowest BCUT2D eigenvalue weighted by atomic mass is 10.1. The normalized spacial score (nSPS) is 22.4. The van der Waals surface area contributed by atoms with Crippen molar-refractivity contribution in [2.45, 2.75) is 25.6 Å². The van der Waals surface area contributed by atoms with Crippen LogP contribution in [0.5, 0.6) is 0 Å². The van der Waals surface area contributed by atoms with Crippen LogP contribution in [-0.2, 0) is 11.3 Å². The number of likely N-dealkylation sites (N-methyl/N-ethyl adjacent to an activating group) is 1. The first-order valence-electron chi connectivity index (χ1n) is 7.39. The molecule has 3 heterocycles. The van der Waals surface area contributed by atoms with E-state index in [2.05, 4.69) is 32.3 Å². The molecular formula is C13H23N5O2. The highest BCUT2D eigenvalue weighted by Gasteiger charge is 2.20. The lowest BCUT2D eigenvalue weighted by molar-refractivity contribution is 0.00859. The number of piperidine rings is 1. The van der Waals surface area contributed by atoms with Crippen molar-refractivity contribution in [1.82, 2.24) is 20.4 Å². The zero-order valence-corrected chi connectivity index (χ0v) is 12.0. The van der Waals surface area contributed by atoms with Gasteiger partial charge in [0.05, 0.1) is 6.10 Å². The van der Waals surface area contributed by atoms with Gasteiger partial charge in [-0.15, -0.1) is 0 Å². The van der Waals surface area contributed by atoms with Gasteiger partial charge in [-0.2, -0.15) is 4.98 Å². The molecule has 1 aromatic heterocycles. The Labute approximate surface area is 119 Å². The maximum Gasteiger partial charge on any atom is 0.266 e. The minimum Gasteiger partial charge on any atom is -0.368 e. The first kappa shape index (κ1) is 13.8. The molecule has 2 saturated heterocycles. The van der Waals surface area contributed by atoms with E-state index in [9.17, 15) is 0 Å². The number of piperazine rings is 1. The SMILES string of the molecule is CN1CCN(c2noc(COC3CCNCC3)n2)CC1. The Bertz CT molecular complexity index is 411. The van der Waals surface area contributed by atoms with E-state index in [1.54, 1.807) is 0 Å². The standard InChI is InChI=1S/C13H23N5O2/c1-17-6-8-18(9-7-17)13-15-12(20-16-13)10-19-11-2-4-14-5-3-11/h11,14H,2-10H2,1H3. The topological polar surface area (TPSA) is 66.7 Å². The van der Waals surface area contributed by atoms with Crippen LogP contribution in [0.1, 0.15) is 18.7 Å². The maximum absolute atomic E-state index is 5.82. The van der Waals surface area contributed by atoms with Crippen molar-refractivity contribution >= 4 is 5.95 Å². The quantitative estimate of drug-likeness (QED) is 0.839. The fourth-order valence-corrected chi connectivity index (χ4v) is 2.59. The van der Waals surface area contributed by atoms with Crippen LogP contribution in [-0.4, -0.2) is 67.5 Å². The second kappa shape index (κ2) is 6.51. The Morgan fingerprint density at radius 2 is 2.00 bits per heavy atom. The van der Waals surface area contributed by atoms with Crippen molar-refractivity contribution in [3.8, 4) is 0 Å². The van der Waals surface area contributed by atoms with E-state index >= 15 is 0 Å². The molecule has 2 fully saturated rings. The number of hydrogen-bond acceptors (Lipinski definition) is 7. The van der Waals surface area contributed by atoms with E-state index < -0.39 is 0 Å². The summed E-state index contributed by atoms with van der Waals surface area (Å²) in [5.74, 6) is 1.28. The van der Waals surface area contributed by atoms with Gasteiger partial charge in [-0.05, 0) is 38.1 Å². The number of rotatable bonds is 4. The number of nitrogens with one attached hydrogen (secondary N) is 1. The molecule has 0 amide bonds. The number of ether oxygens (including phenoxy) is 1. The van der Waals surface area contributed by atoms with E-state index in [-0.39, 0.29) is 0 Å². The number of nitrogens with zero attached hydrogens (tertiary/aromatic N) is 4. The van der Waals surface area contributed by atoms with Crippen LogP contribution in [0.4, 0.5) is 5.95 Å². The average Bonchev–Trinajstić information content (AvgIpc) is 2.96. The Kier molecular flexibility index (Phi) is 4.49. The van der Waals surface area contributed by atoms with Crippen molar-refractivity contribution in [1.29, 1.82) is 0 Å². The highest BCUT2D eigenvalue weighted by Crippen LogP contribution is 2.14. The van der Waals surface area contributed by atoms with Crippen LogP contribution in [0.3, 0.4) is 0 Å². The monoisotopic (exact) mass is 281 g/mol. The summed E-state index contributed by atoms with van der Waals surface area (Å²) in [6.45, 7) is 6.45. The fraction of sp³-hybridized carbons (Fsp3) is 0.846. The van der Waals surface area contributed by atoms with Crippen molar-refractivity contribution in [3.63, 3.8) is 0 Å². The summed E-state index contributed by atoms with van der Waals surface area (Å²) in [4.78, 5) is 8.90. The van der Waals surface area contributed by atoms with Gasteiger partial charge in [0.1, 0.15) is 6.61 Å². The van der Waals surface area contributed by atoms with Gasteiger partial charge >= 0.3 is 0 Å². The number of hydrogen-bond donors (Lipinski definition) is 1. The number of aromatic nitrogens is 2. The molecule has 0 saturated carbocycles. The summed E-state index contributed by atoms with van der Waals surface area (Å²) in [6, 6.07) is 0. The third-order valence-corrected chi connectivity index (χ3v) is 3.97. The fourth-order valence-electron chi connectivity index (χ4n) is 2.59. The van der Waals surface area contributed by atoms with Crippen molar-refractivity contribution < 1.29 is 9.26 Å². The predicted molar refractivity (Wildman–Crippen MR) is 74.7 cm³/mol. The minimum atomic E-state index is 0.315. The summed E-state index contributed by atoms with van der Waals surface area (Å²) in [6.07, 6.45) is 2.43. The average molecular weight is 281 g/mol. The third kappa shape index (κ3) is 3.47. The highest BCUT2D eigenvalue weighted by molar-refractivity contribution is 5.28. The summed E-state index contributed by atoms with van der Waals surface area (Å²) in [7, 11) is 2.13. The maximum atomic E-state index is 5.82. The first-order chi connectivity index (χ1) is 9.81. The Hall–Kier alpha value is -1.18. The minimum absolute atomic E-state index is 0.315. The molecule has 0 atom stereocenters. The van der Waals surface area contributed by atoms with E-state index in [1.165, 1.54) is 0 Å². The van der Waals surface area contributed by atoms with Gasteiger partial charge in [0.2, 0.25) is 0 Å². The molecule has 0 spiro atoms. The van der Waals surface area contributed by atoms with Gasteiger partial charge in [-0.25, -0.2) is 0 Å². The molecule has 0 aromatic carbocycles. The molecule has 1 aromatic rings. The Morgan fingerprint density at radius 3 is 2.75 bits per heavy atom. The first-order valence-corrected chi connectivity index (χ1v) is 7.39. The Balaban J connectivity index is 1.49. The molecule has 1 N–H and O–H groups in total. The van der Waals surface area contributed by atoms with Gasteiger partial charge in [0, 0.05) is 26.2 Å². The molecule has 20 heavy (non-hydrogen) atoms. The van der Waals surface area contributed by atoms with E-state index in [1.807, 2.05) is 0 Å². The van der Waals surface area contributed by atoms with Crippen molar-refractivity contribution in [2.24, 2.45) is 0 Å². The summed E-state index contributed by atoms with van der Waals surface area (Å²) < 4.78 is 11.1. The van der Waals surface area contributed by atoms with E-state index in [0.717, 1.165) is 52.1 Å². The van der Waals surface area contributed by atoms with Crippen LogP contribution in [0.2, 0.25) is 0 Å². The molecule has 7 nitrogen and oxygen atoms in total. The van der Waals surface area contributed by atoms with Crippen LogP contribution in [0, 0.1) is 0 Å². The summed E-state index contributed by atoms with van der Waals surface area (Å²) in [5, 5.41) is 7.38. The lowest BCUT2D eigenvalue weighted by Gasteiger charge is -2.31. The van der Waals surface area contributed by atoms with Crippen LogP contribution in [0.15, 0.2) is 4.52 Å². The molecular weight excluding hydrogens is 258 g/mol. The van der Waals surface area contributed by atoms with Gasteiger partial charge in [0.25, 0.3) is 11.8 Å². The molecule has 0 unspecified atom stereocenters. The van der Waals surface area contributed by atoms with Crippen molar-refractivity contribution in [2.75, 3.05) is 51.2 Å². The second-order valence-corrected chi connectivity index (χ2v) is 5.54. The molecule has 0 aliphatic carbocycles. The van der Waals surface area contributed by atoms with E-state index in [4.69, 9.17) is 9.26 Å². The van der Waals surface area contributed by atoms with E-state index in [0.29, 0.717) is 24.5 Å². The Morgan fingerprint density at radius 1 is 1.25 bits per heavy atom. The molecule has 112 valence electrons. The van der Waals surface area contributed by atoms with Gasteiger partial charge in [-0.3, -0.25) is 0 Å². The zero-order chi connectivity index (χ0) is 13.8. The van der Waals surface area contributed by atoms with Crippen LogP contribution < -0.4 is 10.2 Å². The summed E-state index contributed by atoms with van der Waals surface area (Å²) >= 11 is 0. The zero-order valence-electron chi connectivity index (χ0n) is 12.0. The second-order valence-electron chi connectivity index (χ2n) is 5.54. The lowest BCUT2D eigenvalue weighted by Crippen LogP contribution is -2.44. The molecule has 0 radical (unpaired) electrons. The van der Waals surface area contributed by atoms with Crippen LogP contribution in [0.25, 0.3) is 0 Å². The molecule has 2 aliphatic heterocycles. The highest BCUT2D eigenvalue weighted by atomic mass is 16.5. The van der Waals surface area contributed by atoms with Crippen molar-refractivity contribution in [3.05, 3.63) is 5.89 Å². The van der Waals surface area contributed by atoms with Crippen LogP contribution >= 0.6 is 0 Å². The molecule has 0 bridgehead atoms. The molecule has 7 heteroatoms. The molecule has 2 aliphatic rings.